The summed E-state index contributed by atoms with van der Waals surface area (Å²) in [5.41, 5.74) is 0.381. The second-order valence-corrected chi connectivity index (χ2v) is 10.3. The summed E-state index contributed by atoms with van der Waals surface area (Å²) in [5, 5.41) is 25.5. The van der Waals surface area contributed by atoms with Gasteiger partial charge in [0, 0.05) is 10.9 Å². The van der Waals surface area contributed by atoms with E-state index in [2.05, 4.69) is 15.5 Å². The maximum Gasteiger partial charge on any atom is 1.00 e. The number of nitrogens with one attached hydrogen (secondary N) is 1. The number of hydrogen-bond acceptors (Lipinski definition) is 7. The Labute approximate surface area is 256 Å². The van der Waals surface area contributed by atoms with Gasteiger partial charge in [-0.25, -0.2) is 0 Å². The Morgan fingerprint density at radius 3 is 2.38 bits per heavy atom. The predicted octanol–water partition coefficient (Wildman–Crippen LogP) is 3.85. The molecule has 4 rings (SSSR count). The smallest absolute Gasteiger partial charge is 0.870 e. The minimum atomic E-state index is -4.49. The Balaban J connectivity index is 0.00000420. The van der Waals surface area contributed by atoms with E-state index in [0.29, 0.717) is 33.7 Å². The van der Waals surface area contributed by atoms with Gasteiger partial charge in [-0.15, -0.1) is 5.11 Å². The van der Waals surface area contributed by atoms with E-state index >= 15 is 0 Å². The number of azo groups is 1. The first-order chi connectivity index (χ1) is 18.0. The summed E-state index contributed by atoms with van der Waals surface area (Å²) in [4.78, 5) is 12.8. The summed E-state index contributed by atoms with van der Waals surface area (Å²) in [6.45, 7) is 3.61. The zero-order valence-corrected chi connectivity index (χ0v) is 25.4. The summed E-state index contributed by atoms with van der Waals surface area (Å²) in [5.74, 6) is -1.11. The maximum absolute atomic E-state index is 13.5. The molecule has 196 valence electrons. The second kappa shape index (κ2) is 12.6. The summed E-state index contributed by atoms with van der Waals surface area (Å²) in [7, 11) is -4.49. The second-order valence-electron chi connectivity index (χ2n) is 8.07. The van der Waals surface area contributed by atoms with Gasteiger partial charge in [-0.1, -0.05) is 59.3 Å². The Morgan fingerprint density at radius 2 is 1.72 bits per heavy atom. The van der Waals surface area contributed by atoms with Crippen molar-refractivity contribution in [3.05, 3.63) is 81.8 Å². The van der Waals surface area contributed by atoms with Gasteiger partial charge in [0.15, 0.2) is 5.75 Å². The van der Waals surface area contributed by atoms with Gasteiger partial charge < -0.3 is 15.2 Å². The third-order valence-electron chi connectivity index (χ3n) is 5.50. The molecule has 0 saturated heterocycles. The number of aryl methyl sites for hydroxylation is 1. The van der Waals surface area contributed by atoms with E-state index in [9.17, 15) is 22.9 Å². The average molecular weight is 596 g/mol. The van der Waals surface area contributed by atoms with Crippen molar-refractivity contribution in [1.29, 1.82) is 0 Å². The van der Waals surface area contributed by atoms with Crippen LogP contribution in [-0.4, -0.2) is 25.5 Å². The number of nitrogens with zero attached hydrogens (tertiary/aromatic N) is 2. The first kappa shape index (κ1) is 30.8. The first-order valence-corrected chi connectivity index (χ1v) is 13.4. The molecular weight excluding hydrogens is 576 g/mol. The molecule has 0 aliphatic heterocycles. The van der Waals surface area contributed by atoms with E-state index in [4.69, 9.17) is 27.9 Å². The molecule has 0 heterocycles. The van der Waals surface area contributed by atoms with Crippen molar-refractivity contribution in [2.24, 2.45) is 10.2 Å². The molecule has 2 N–H and O–H groups in total. The Kier molecular flexibility index (Phi) is 10.0. The molecule has 0 aromatic heterocycles. The summed E-state index contributed by atoms with van der Waals surface area (Å²) in [6, 6.07) is 15.3. The molecule has 0 bridgehead atoms. The molecular formula is C26H20Cl2N3NaO6S. The van der Waals surface area contributed by atoms with Gasteiger partial charge in [-0.05, 0) is 55.1 Å². The van der Waals surface area contributed by atoms with E-state index in [-0.39, 0.29) is 57.3 Å². The van der Waals surface area contributed by atoms with Crippen molar-refractivity contribution >= 4 is 67.1 Å². The number of rotatable bonds is 7. The van der Waals surface area contributed by atoms with Gasteiger partial charge in [0.2, 0.25) is 0 Å². The number of amides is 1. The monoisotopic (exact) mass is 595 g/mol. The number of fused-ring (bicyclic) bond motifs is 1. The van der Waals surface area contributed by atoms with Crippen LogP contribution < -0.4 is 44.7 Å². The molecule has 0 aliphatic carbocycles. The van der Waals surface area contributed by atoms with Crippen LogP contribution in [0.1, 0.15) is 22.8 Å². The summed E-state index contributed by atoms with van der Waals surface area (Å²) < 4.78 is 37.8. The summed E-state index contributed by atoms with van der Waals surface area (Å²) in [6.07, 6.45) is 0. The van der Waals surface area contributed by atoms with Crippen LogP contribution in [0.2, 0.25) is 10.0 Å². The zero-order valence-electron chi connectivity index (χ0n) is 21.0. The number of carbonyl (C=O) groups is 1. The van der Waals surface area contributed by atoms with E-state index in [1.807, 2.05) is 0 Å². The number of ether oxygens (including phenoxy) is 1. The van der Waals surface area contributed by atoms with Gasteiger partial charge in [-0.3, -0.25) is 9.35 Å². The van der Waals surface area contributed by atoms with E-state index in [1.54, 1.807) is 49.4 Å². The van der Waals surface area contributed by atoms with Crippen molar-refractivity contribution in [3.8, 4) is 11.5 Å². The molecule has 0 saturated carbocycles. The number of anilines is 1. The number of para-hydroxylation sites is 1. The molecule has 0 unspecified atom stereocenters. The molecule has 0 atom stereocenters. The van der Waals surface area contributed by atoms with E-state index in [0.717, 1.165) is 6.07 Å². The fraction of sp³-hybridized carbons (Fsp3) is 0.115. The quantitative estimate of drug-likeness (QED) is 0.189. The third kappa shape index (κ3) is 6.72. The molecule has 9 nitrogen and oxygen atoms in total. The predicted molar refractivity (Wildman–Crippen MR) is 144 cm³/mol. The van der Waals surface area contributed by atoms with Gasteiger partial charge in [0.05, 0.1) is 32.9 Å². The van der Waals surface area contributed by atoms with Gasteiger partial charge >= 0.3 is 29.6 Å². The van der Waals surface area contributed by atoms with Crippen molar-refractivity contribution in [2.75, 3.05) is 11.9 Å². The van der Waals surface area contributed by atoms with Crippen LogP contribution in [0.5, 0.6) is 11.5 Å². The number of carbonyl (C=O) groups excluding carboxylic acids is 1. The topological polar surface area (TPSA) is 140 Å². The number of halogens is 2. The van der Waals surface area contributed by atoms with E-state index in [1.165, 1.54) is 19.1 Å². The zero-order chi connectivity index (χ0) is 27.6. The van der Waals surface area contributed by atoms with Gasteiger partial charge in [-0.2, -0.15) is 13.5 Å². The van der Waals surface area contributed by atoms with Gasteiger partial charge in [0.1, 0.15) is 5.69 Å². The minimum Gasteiger partial charge on any atom is -0.870 e. The molecule has 0 radical (unpaired) electrons. The summed E-state index contributed by atoms with van der Waals surface area (Å²) >= 11 is 12.4. The Morgan fingerprint density at radius 1 is 1.03 bits per heavy atom. The fourth-order valence-electron chi connectivity index (χ4n) is 3.75. The Hall–Kier alpha value is -2.70. The van der Waals surface area contributed by atoms with Gasteiger partial charge in [0.25, 0.3) is 16.0 Å². The molecule has 0 fully saturated rings. The van der Waals surface area contributed by atoms with Crippen molar-refractivity contribution in [1.82, 2.24) is 0 Å². The SMILES string of the molecule is CCOc1c(Cl)cccc1NC(=O)c1cc2ccccc2c(N=Nc2c(C)cc(S(=O)(=O)O)cc2Cl)c1[O-].[Na+]. The van der Waals surface area contributed by atoms with Crippen LogP contribution in [0.15, 0.2) is 75.8 Å². The molecule has 1 amide bonds. The number of benzene rings is 4. The molecule has 39 heavy (non-hydrogen) atoms. The van der Waals surface area contributed by atoms with Crippen LogP contribution >= 0.6 is 23.2 Å². The minimum absolute atomic E-state index is 0. The van der Waals surface area contributed by atoms with Crippen LogP contribution in [0.3, 0.4) is 0 Å². The van der Waals surface area contributed by atoms with Crippen LogP contribution in [0, 0.1) is 6.92 Å². The first-order valence-electron chi connectivity index (χ1n) is 11.2. The molecule has 4 aromatic carbocycles. The van der Waals surface area contributed by atoms with E-state index < -0.39 is 26.7 Å². The normalized spacial score (nSPS) is 11.4. The average Bonchev–Trinajstić information content (AvgIpc) is 2.85. The maximum atomic E-state index is 13.5. The third-order valence-corrected chi connectivity index (χ3v) is 6.92. The van der Waals surface area contributed by atoms with Crippen LogP contribution in [0.4, 0.5) is 17.1 Å². The van der Waals surface area contributed by atoms with Crippen LogP contribution in [0.25, 0.3) is 10.8 Å². The fourth-order valence-corrected chi connectivity index (χ4v) is 4.94. The number of hydrogen-bond donors (Lipinski definition) is 2. The van der Waals surface area contributed by atoms with Crippen molar-refractivity contribution in [3.63, 3.8) is 0 Å². The Bertz CT molecular complexity index is 1690. The van der Waals surface area contributed by atoms with Crippen molar-refractivity contribution < 1.29 is 57.2 Å². The molecule has 0 aliphatic rings. The molecule has 0 spiro atoms. The van der Waals surface area contributed by atoms with Crippen LogP contribution in [-0.2, 0) is 10.1 Å². The largest absolute Gasteiger partial charge is 1.00 e. The molecule has 13 heteroatoms. The van der Waals surface area contributed by atoms with Crippen molar-refractivity contribution in [2.45, 2.75) is 18.7 Å². The molecule has 4 aromatic rings. The standard InChI is InChI=1S/C26H21Cl2N3O6S.Na/c1-3-37-25-19(27)9-6-10-21(25)29-26(33)18-12-15-7-4-5-8-17(15)23(24(18)32)31-30-22-14(2)11-16(13-20(22)28)38(34,35)36;/h4-13,32H,3H2,1-2H3,(H,29,33)(H,34,35,36);/q;+1/p-1.